The van der Waals surface area contributed by atoms with Crippen molar-refractivity contribution in [2.75, 3.05) is 14.2 Å². The van der Waals surface area contributed by atoms with Gasteiger partial charge in [0.1, 0.15) is 0 Å². The van der Waals surface area contributed by atoms with Crippen LogP contribution in [0.5, 0.6) is 0 Å². The van der Waals surface area contributed by atoms with Gasteiger partial charge < -0.3 is 14.4 Å². The molecule has 0 bridgehead atoms. The molecule has 0 spiro atoms. The Kier molecular flexibility index (Phi) is 5.25. The lowest BCUT2D eigenvalue weighted by Gasteiger charge is -2.11. The third-order valence-electron chi connectivity index (χ3n) is 2.41. The van der Waals surface area contributed by atoms with E-state index in [0.717, 1.165) is 11.0 Å². The SMILES string of the molecule is C=CCC(O)c1ccc(B(OC)OC)cc1. The second-order valence-corrected chi connectivity index (χ2v) is 3.51. The summed E-state index contributed by atoms with van der Waals surface area (Å²) in [4.78, 5) is 0. The molecule has 1 N–H and O–H groups in total. The first kappa shape index (κ1) is 13.0. The van der Waals surface area contributed by atoms with Crippen LogP contribution in [0.25, 0.3) is 0 Å². The van der Waals surface area contributed by atoms with Crippen molar-refractivity contribution in [3.63, 3.8) is 0 Å². The van der Waals surface area contributed by atoms with Crippen LogP contribution < -0.4 is 5.46 Å². The van der Waals surface area contributed by atoms with Gasteiger partial charge in [0, 0.05) is 14.2 Å². The fourth-order valence-electron chi connectivity index (χ4n) is 1.54. The fraction of sp³-hybridized carbons (Fsp3) is 0.333. The molecule has 0 saturated heterocycles. The van der Waals surface area contributed by atoms with Gasteiger partial charge in [-0.15, -0.1) is 6.58 Å². The van der Waals surface area contributed by atoms with Gasteiger partial charge in [-0.05, 0) is 17.4 Å². The van der Waals surface area contributed by atoms with E-state index >= 15 is 0 Å². The second-order valence-electron chi connectivity index (χ2n) is 3.51. The molecule has 1 aromatic carbocycles. The van der Waals surface area contributed by atoms with Crippen LogP contribution in [0.2, 0.25) is 0 Å². The minimum absolute atomic E-state index is 0.356. The molecule has 1 atom stereocenters. The van der Waals surface area contributed by atoms with Crippen LogP contribution in [0.15, 0.2) is 36.9 Å². The maximum absolute atomic E-state index is 9.73. The molecular weight excluding hydrogens is 203 g/mol. The van der Waals surface area contributed by atoms with Crippen molar-refractivity contribution in [3.8, 4) is 0 Å². The maximum Gasteiger partial charge on any atom is 0.493 e. The summed E-state index contributed by atoms with van der Waals surface area (Å²) < 4.78 is 10.3. The number of benzene rings is 1. The summed E-state index contributed by atoms with van der Waals surface area (Å²) in [6.45, 7) is 3.60. The van der Waals surface area contributed by atoms with Crippen molar-refractivity contribution >= 4 is 12.6 Å². The minimum Gasteiger partial charge on any atom is -0.410 e. The zero-order chi connectivity index (χ0) is 12.0. The Morgan fingerprint density at radius 2 is 1.88 bits per heavy atom. The molecule has 0 saturated carbocycles. The molecule has 0 aromatic heterocycles. The van der Waals surface area contributed by atoms with Gasteiger partial charge in [0.15, 0.2) is 0 Å². The molecule has 1 unspecified atom stereocenters. The Morgan fingerprint density at radius 1 is 1.31 bits per heavy atom. The molecule has 3 nitrogen and oxygen atoms in total. The van der Waals surface area contributed by atoms with Crippen LogP contribution in [-0.4, -0.2) is 26.4 Å². The number of aliphatic hydroxyl groups excluding tert-OH is 1. The molecule has 0 aliphatic rings. The predicted molar refractivity (Wildman–Crippen MR) is 65.6 cm³/mol. The Morgan fingerprint density at radius 3 is 2.31 bits per heavy atom. The minimum atomic E-state index is -0.491. The van der Waals surface area contributed by atoms with E-state index in [2.05, 4.69) is 6.58 Å². The van der Waals surface area contributed by atoms with Crippen molar-refractivity contribution in [2.24, 2.45) is 0 Å². The number of aliphatic hydroxyl groups is 1. The second kappa shape index (κ2) is 6.48. The van der Waals surface area contributed by atoms with Gasteiger partial charge in [-0.25, -0.2) is 0 Å². The van der Waals surface area contributed by atoms with E-state index in [0.29, 0.717) is 6.42 Å². The van der Waals surface area contributed by atoms with Gasteiger partial charge >= 0.3 is 7.12 Å². The Bertz CT molecular complexity index is 320. The molecule has 0 aliphatic heterocycles. The van der Waals surface area contributed by atoms with E-state index in [1.54, 1.807) is 20.3 Å². The lowest BCUT2D eigenvalue weighted by Crippen LogP contribution is -2.34. The van der Waals surface area contributed by atoms with Crippen molar-refractivity contribution in [1.82, 2.24) is 0 Å². The topological polar surface area (TPSA) is 38.7 Å². The van der Waals surface area contributed by atoms with E-state index in [9.17, 15) is 5.11 Å². The average molecular weight is 220 g/mol. The molecule has 0 fully saturated rings. The average Bonchev–Trinajstić information content (AvgIpc) is 2.32. The van der Waals surface area contributed by atoms with Crippen LogP contribution in [0, 0.1) is 0 Å². The fourth-order valence-corrected chi connectivity index (χ4v) is 1.54. The lowest BCUT2D eigenvalue weighted by molar-refractivity contribution is 0.181. The third-order valence-corrected chi connectivity index (χ3v) is 2.41. The summed E-state index contributed by atoms with van der Waals surface area (Å²) in [6.07, 6.45) is 1.76. The molecule has 16 heavy (non-hydrogen) atoms. The van der Waals surface area contributed by atoms with E-state index in [-0.39, 0.29) is 7.12 Å². The van der Waals surface area contributed by atoms with Crippen LogP contribution in [0.4, 0.5) is 0 Å². The quantitative estimate of drug-likeness (QED) is 0.579. The van der Waals surface area contributed by atoms with Crippen molar-refractivity contribution in [2.45, 2.75) is 12.5 Å². The molecular formula is C12H17BO3. The smallest absolute Gasteiger partial charge is 0.410 e. The summed E-state index contributed by atoms with van der Waals surface area (Å²) in [6, 6.07) is 7.52. The van der Waals surface area contributed by atoms with E-state index in [1.165, 1.54) is 0 Å². The summed E-state index contributed by atoms with van der Waals surface area (Å²) >= 11 is 0. The van der Waals surface area contributed by atoms with Crippen molar-refractivity contribution in [3.05, 3.63) is 42.5 Å². The van der Waals surface area contributed by atoms with Gasteiger partial charge in [-0.3, -0.25) is 0 Å². The molecule has 0 radical (unpaired) electrons. The standard InChI is InChI=1S/C12H17BO3/c1-4-5-12(14)10-6-8-11(9-7-10)13(15-2)16-3/h4,6-9,12,14H,1,5H2,2-3H3. The largest absolute Gasteiger partial charge is 0.493 e. The Labute approximate surface area is 96.8 Å². The highest BCUT2D eigenvalue weighted by Gasteiger charge is 2.17. The van der Waals surface area contributed by atoms with E-state index in [1.807, 2.05) is 24.3 Å². The highest BCUT2D eigenvalue weighted by molar-refractivity contribution is 6.61. The molecule has 0 heterocycles. The van der Waals surface area contributed by atoms with Gasteiger partial charge in [0.2, 0.25) is 0 Å². The van der Waals surface area contributed by atoms with Crippen LogP contribution in [0.3, 0.4) is 0 Å². The Balaban J connectivity index is 2.77. The summed E-state index contributed by atoms with van der Waals surface area (Å²) in [5.74, 6) is 0. The lowest BCUT2D eigenvalue weighted by atomic mass is 9.78. The first-order chi connectivity index (χ1) is 7.72. The van der Waals surface area contributed by atoms with Crippen molar-refractivity contribution in [1.29, 1.82) is 0 Å². The maximum atomic E-state index is 9.73. The first-order valence-electron chi connectivity index (χ1n) is 5.17. The zero-order valence-electron chi connectivity index (χ0n) is 9.72. The van der Waals surface area contributed by atoms with E-state index < -0.39 is 6.10 Å². The van der Waals surface area contributed by atoms with Gasteiger partial charge in [-0.2, -0.15) is 0 Å². The van der Waals surface area contributed by atoms with Crippen LogP contribution in [0.1, 0.15) is 18.1 Å². The number of hydrogen-bond donors (Lipinski definition) is 1. The van der Waals surface area contributed by atoms with Crippen LogP contribution >= 0.6 is 0 Å². The number of hydrogen-bond acceptors (Lipinski definition) is 3. The molecule has 86 valence electrons. The highest BCUT2D eigenvalue weighted by atomic mass is 16.6. The zero-order valence-corrected chi connectivity index (χ0v) is 9.72. The predicted octanol–water partition coefficient (Wildman–Crippen LogP) is 1.28. The normalized spacial score (nSPS) is 12.2. The van der Waals surface area contributed by atoms with Gasteiger partial charge in [0.05, 0.1) is 6.10 Å². The highest BCUT2D eigenvalue weighted by Crippen LogP contribution is 2.15. The molecule has 0 amide bonds. The summed E-state index contributed by atoms with van der Waals surface area (Å²) in [7, 11) is 2.83. The molecule has 1 rings (SSSR count). The molecule has 1 aromatic rings. The molecule has 4 heteroatoms. The van der Waals surface area contributed by atoms with Crippen molar-refractivity contribution < 1.29 is 14.4 Å². The Hall–Kier alpha value is -1.10. The monoisotopic (exact) mass is 220 g/mol. The van der Waals surface area contributed by atoms with Crippen LogP contribution in [-0.2, 0) is 9.31 Å². The molecule has 0 aliphatic carbocycles. The van der Waals surface area contributed by atoms with Gasteiger partial charge in [0.25, 0.3) is 0 Å². The number of rotatable bonds is 6. The van der Waals surface area contributed by atoms with Gasteiger partial charge in [-0.1, -0.05) is 30.3 Å². The van der Waals surface area contributed by atoms with E-state index in [4.69, 9.17) is 9.31 Å². The summed E-state index contributed by atoms with van der Waals surface area (Å²) in [5, 5.41) is 9.73. The first-order valence-corrected chi connectivity index (χ1v) is 5.17. The summed E-state index contributed by atoms with van der Waals surface area (Å²) in [5.41, 5.74) is 1.80. The third kappa shape index (κ3) is 3.20.